The summed E-state index contributed by atoms with van der Waals surface area (Å²) in [5.74, 6) is -0.174. The third kappa shape index (κ3) is 2.65. The number of likely N-dealkylation sites (N-methyl/N-ethyl adjacent to an activating group) is 1. The number of rotatable bonds is 4. The molecule has 5 heteroatoms. The van der Waals surface area contributed by atoms with Crippen molar-refractivity contribution >= 4 is 23.1 Å². The van der Waals surface area contributed by atoms with Crippen LogP contribution in [0.3, 0.4) is 0 Å². The zero-order valence-electron chi connectivity index (χ0n) is 9.07. The Labute approximate surface area is 90.1 Å². The lowest BCUT2D eigenvalue weighted by molar-refractivity contribution is -0.138. The third-order valence-electron chi connectivity index (χ3n) is 2.40. The summed E-state index contributed by atoms with van der Waals surface area (Å²) < 4.78 is 0. The zero-order valence-corrected chi connectivity index (χ0v) is 9.89. The summed E-state index contributed by atoms with van der Waals surface area (Å²) in [7, 11) is 1.63. The number of aliphatic hydroxyl groups excluding tert-OH is 1. The number of thiocarbonyl (C=S) groups is 1. The Balaban J connectivity index is 4.70. The SMILES string of the molecule is CC(CO)N(C)C(=O)C(C)(C)C(N)=S. The summed E-state index contributed by atoms with van der Waals surface area (Å²) in [6.45, 7) is 5.04. The van der Waals surface area contributed by atoms with Crippen molar-refractivity contribution in [3.63, 3.8) is 0 Å². The van der Waals surface area contributed by atoms with Crippen molar-refractivity contribution in [3.05, 3.63) is 0 Å². The Morgan fingerprint density at radius 2 is 2.07 bits per heavy atom. The number of carbonyl (C=O) groups is 1. The van der Waals surface area contributed by atoms with Crippen molar-refractivity contribution in [1.82, 2.24) is 4.90 Å². The summed E-state index contributed by atoms with van der Waals surface area (Å²) in [5, 5.41) is 8.90. The van der Waals surface area contributed by atoms with Crippen LogP contribution in [0.15, 0.2) is 0 Å². The fourth-order valence-electron chi connectivity index (χ4n) is 0.869. The maximum Gasteiger partial charge on any atom is 0.235 e. The van der Waals surface area contributed by atoms with E-state index in [-0.39, 0.29) is 23.5 Å². The molecule has 0 aliphatic rings. The molecule has 0 aromatic carbocycles. The van der Waals surface area contributed by atoms with Gasteiger partial charge >= 0.3 is 0 Å². The second-order valence-corrected chi connectivity index (χ2v) is 4.38. The summed E-state index contributed by atoms with van der Waals surface area (Å²) in [4.78, 5) is 13.5. The van der Waals surface area contributed by atoms with Crippen LogP contribution in [-0.2, 0) is 4.79 Å². The summed E-state index contributed by atoms with van der Waals surface area (Å²) in [6, 6.07) is -0.226. The van der Waals surface area contributed by atoms with Gasteiger partial charge in [-0.25, -0.2) is 0 Å². The molecule has 0 bridgehead atoms. The molecule has 4 nitrogen and oxygen atoms in total. The molecule has 1 amide bonds. The molecule has 0 aliphatic heterocycles. The molecule has 0 rings (SSSR count). The van der Waals surface area contributed by atoms with Gasteiger partial charge in [-0.05, 0) is 20.8 Å². The fourth-order valence-corrected chi connectivity index (χ4v) is 0.956. The first kappa shape index (κ1) is 13.3. The number of nitrogens with two attached hydrogens (primary N) is 1. The number of carbonyl (C=O) groups excluding carboxylic acids is 1. The Kier molecular flexibility index (Phi) is 4.48. The van der Waals surface area contributed by atoms with E-state index in [2.05, 4.69) is 0 Å². The molecule has 0 aromatic heterocycles. The minimum absolute atomic E-state index is 0.0738. The molecule has 0 heterocycles. The molecule has 0 fully saturated rings. The molecule has 14 heavy (non-hydrogen) atoms. The van der Waals surface area contributed by atoms with Crippen molar-refractivity contribution < 1.29 is 9.90 Å². The predicted octanol–water partition coefficient (Wildman–Crippen LogP) is 0.138. The van der Waals surface area contributed by atoms with Crippen LogP contribution >= 0.6 is 12.2 Å². The lowest BCUT2D eigenvalue weighted by Crippen LogP contribution is -2.49. The van der Waals surface area contributed by atoms with Crippen LogP contribution in [0.4, 0.5) is 0 Å². The van der Waals surface area contributed by atoms with Gasteiger partial charge in [0.15, 0.2) is 0 Å². The van der Waals surface area contributed by atoms with E-state index in [1.54, 1.807) is 27.8 Å². The highest BCUT2D eigenvalue weighted by Gasteiger charge is 2.34. The first-order chi connectivity index (χ1) is 6.25. The number of aliphatic hydroxyl groups is 1. The summed E-state index contributed by atoms with van der Waals surface area (Å²) in [6.07, 6.45) is 0. The van der Waals surface area contributed by atoms with Gasteiger partial charge in [-0.15, -0.1) is 0 Å². The molecule has 0 spiro atoms. The lowest BCUT2D eigenvalue weighted by Gasteiger charge is -2.31. The molecule has 0 aromatic rings. The van der Waals surface area contributed by atoms with Crippen molar-refractivity contribution in [2.24, 2.45) is 11.1 Å². The monoisotopic (exact) mass is 218 g/mol. The van der Waals surface area contributed by atoms with Gasteiger partial charge < -0.3 is 15.7 Å². The van der Waals surface area contributed by atoms with E-state index in [9.17, 15) is 4.79 Å². The van der Waals surface area contributed by atoms with Gasteiger partial charge in [0.2, 0.25) is 5.91 Å². The third-order valence-corrected chi connectivity index (χ3v) is 2.91. The van der Waals surface area contributed by atoms with Gasteiger partial charge in [0.25, 0.3) is 0 Å². The Bertz CT molecular complexity index is 241. The topological polar surface area (TPSA) is 66.6 Å². The summed E-state index contributed by atoms with van der Waals surface area (Å²) in [5.41, 5.74) is 4.62. The van der Waals surface area contributed by atoms with E-state index in [0.29, 0.717) is 0 Å². The van der Waals surface area contributed by atoms with E-state index in [4.69, 9.17) is 23.1 Å². The first-order valence-corrected chi connectivity index (χ1v) is 4.84. The van der Waals surface area contributed by atoms with E-state index >= 15 is 0 Å². The van der Waals surface area contributed by atoms with Crippen molar-refractivity contribution in [1.29, 1.82) is 0 Å². The molecule has 1 unspecified atom stereocenters. The van der Waals surface area contributed by atoms with Crippen LogP contribution in [0.5, 0.6) is 0 Å². The minimum atomic E-state index is -0.854. The van der Waals surface area contributed by atoms with Gasteiger partial charge in [-0.1, -0.05) is 12.2 Å². The average molecular weight is 218 g/mol. The molecule has 82 valence electrons. The molecule has 3 N–H and O–H groups in total. The second-order valence-electron chi connectivity index (χ2n) is 3.94. The minimum Gasteiger partial charge on any atom is -0.394 e. The number of nitrogens with zero attached hydrogens (tertiary/aromatic N) is 1. The maximum absolute atomic E-state index is 11.9. The molecular weight excluding hydrogens is 200 g/mol. The Morgan fingerprint density at radius 1 is 1.64 bits per heavy atom. The van der Waals surface area contributed by atoms with Crippen LogP contribution in [0.1, 0.15) is 20.8 Å². The van der Waals surface area contributed by atoms with Crippen LogP contribution in [0.25, 0.3) is 0 Å². The number of hydrogen-bond acceptors (Lipinski definition) is 3. The van der Waals surface area contributed by atoms with Crippen LogP contribution in [0.2, 0.25) is 0 Å². The first-order valence-electron chi connectivity index (χ1n) is 4.43. The van der Waals surface area contributed by atoms with E-state index in [0.717, 1.165) is 0 Å². The normalized spacial score (nSPS) is 13.5. The highest BCUT2D eigenvalue weighted by Crippen LogP contribution is 2.19. The fraction of sp³-hybridized carbons (Fsp3) is 0.778. The molecule has 0 saturated carbocycles. The second kappa shape index (κ2) is 4.70. The van der Waals surface area contributed by atoms with Crippen LogP contribution in [0, 0.1) is 5.41 Å². The largest absolute Gasteiger partial charge is 0.394 e. The molecule has 0 saturated heterocycles. The Hall–Kier alpha value is -0.680. The highest BCUT2D eigenvalue weighted by atomic mass is 32.1. The van der Waals surface area contributed by atoms with Crippen molar-refractivity contribution in [2.45, 2.75) is 26.8 Å². The molecule has 0 radical (unpaired) electrons. The molecule has 0 aliphatic carbocycles. The van der Waals surface area contributed by atoms with Gasteiger partial charge in [0, 0.05) is 7.05 Å². The van der Waals surface area contributed by atoms with Crippen molar-refractivity contribution in [3.8, 4) is 0 Å². The van der Waals surface area contributed by atoms with Gasteiger partial charge in [0.1, 0.15) is 0 Å². The quantitative estimate of drug-likeness (QED) is 0.659. The average Bonchev–Trinajstić information content (AvgIpc) is 2.13. The summed E-state index contributed by atoms with van der Waals surface area (Å²) >= 11 is 4.82. The van der Waals surface area contributed by atoms with E-state index in [1.165, 1.54) is 4.90 Å². The van der Waals surface area contributed by atoms with Gasteiger partial charge in [-0.2, -0.15) is 0 Å². The van der Waals surface area contributed by atoms with Crippen molar-refractivity contribution in [2.75, 3.05) is 13.7 Å². The highest BCUT2D eigenvalue weighted by molar-refractivity contribution is 7.80. The smallest absolute Gasteiger partial charge is 0.235 e. The number of hydrogen-bond donors (Lipinski definition) is 2. The zero-order chi connectivity index (χ0) is 11.5. The Morgan fingerprint density at radius 3 is 2.36 bits per heavy atom. The van der Waals surface area contributed by atoms with E-state index in [1.807, 2.05) is 0 Å². The van der Waals surface area contributed by atoms with Crippen LogP contribution in [-0.4, -0.2) is 40.6 Å². The van der Waals surface area contributed by atoms with E-state index < -0.39 is 5.41 Å². The predicted molar refractivity (Wildman–Crippen MR) is 59.9 cm³/mol. The lowest BCUT2D eigenvalue weighted by atomic mass is 9.91. The maximum atomic E-state index is 11.9. The number of amides is 1. The van der Waals surface area contributed by atoms with Crippen LogP contribution < -0.4 is 5.73 Å². The molecule has 1 atom stereocenters. The standard InChI is InChI=1S/C9H18N2O2S/c1-6(5-12)11(4)8(13)9(2,3)7(10)14/h6,12H,5H2,1-4H3,(H2,10,14). The molecular formula is C9H18N2O2S. The van der Waals surface area contributed by atoms with Gasteiger partial charge in [0.05, 0.1) is 23.1 Å². The van der Waals surface area contributed by atoms with Gasteiger partial charge in [-0.3, -0.25) is 4.79 Å².